The second kappa shape index (κ2) is 3.78. The molecular formula is C11H15NO2. The topological polar surface area (TPSA) is 49.9 Å². The largest absolute Gasteiger partial charge is 0.326 e. The van der Waals surface area contributed by atoms with Crippen LogP contribution < -0.4 is 5.56 Å². The summed E-state index contributed by atoms with van der Waals surface area (Å²) in [4.78, 5) is 24.4. The molecule has 1 aromatic rings. The molecule has 0 bridgehead atoms. The van der Waals surface area contributed by atoms with E-state index in [1.54, 1.807) is 12.1 Å². The van der Waals surface area contributed by atoms with E-state index in [0.29, 0.717) is 6.29 Å². The molecule has 1 rings (SSSR count). The molecule has 3 heteroatoms. The van der Waals surface area contributed by atoms with Crippen LogP contribution in [0.2, 0.25) is 0 Å². The molecule has 0 aliphatic heterocycles. The molecule has 76 valence electrons. The fourth-order valence-corrected chi connectivity index (χ4v) is 1.29. The van der Waals surface area contributed by atoms with E-state index in [1.807, 2.05) is 0 Å². The summed E-state index contributed by atoms with van der Waals surface area (Å²) in [6.45, 7) is 6.29. The third kappa shape index (κ3) is 2.83. The molecule has 14 heavy (non-hydrogen) atoms. The van der Waals surface area contributed by atoms with Gasteiger partial charge in [0.1, 0.15) is 0 Å². The van der Waals surface area contributed by atoms with Crippen molar-refractivity contribution in [2.45, 2.75) is 27.2 Å². The van der Waals surface area contributed by atoms with Crippen LogP contribution in [0.5, 0.6) is 0 Å². The van der Waals surface area contributed by atoms with E-state index in [2.05, 4.69) is 25.8 Å². The van der Waals surface area contributed by atoms with E-state index in [9.17, 15) is 9.59 Å². The number of nitrogens with one attached hydrogen (secondary N) is 1. The lowest BCUT2D eigenvalue weighted by Gasteiger charge is -2.17. The molecule has 1 N–H and O–H groups in total. The lowest BCUT2D eigenvalue weighted by atomic mass is 9.90. The van der Waals surface area contributed by atoms with Crippen molar-refractivity contribution >= 4 is 6.29 Å². The SMILES string of the molecule is CC(C)(C)Cc1ccc(C=O)c(=O)[nH]1. The minimum atomic E-state index is -0.304. The molecule has 0 atom stereocenters. The lowest BCUT2D eigenvalue weighted by molar-refractivity contribution is 0.112. The summed E-state index contributed by atoms with van der Waals surface area (Å²) in [5.74, 6) is 0. The summed E-state index contributed by atoms with van der Waals surface area (Å²) in [7, 11) is 0. The van der Waals surface area contributed by atoms with Crippen molar-refractivity contribution in [3.05, 3.63) is 33.7 Å². The lowest BCUT2D eigenvalue weighted by Crippen LogP contribution is -2.17. The Bertz CT molecular complexity index is 385. The zero-order chi connectivity index (χ0) is 10.8. The van der Waals surface area contributed by atoms with Crippen LogP contribution >= 0.6 is 0 Å². The van der Waals surface area contributed by atoms with Gasteiger partial charge in [-0.3, -0.25) is 9.59 Å². The van der Waals surface area contributed by atoms with Gasteiger partial charge in [-0.15, -0.1) is 0 Å². The first-order valence-electron chi connectivity index (χ1n) is 4.60. The predicted molar refractivity (Wildman–Crippen MR) is 55.6 cm³/mol. The summed E-state index contributed by atoms with van der Waals surface area (Å²) < 4.78 is 0. The van der Waals surface area contributed by atoms with Crippen LogP contribution in [0.1, 0.15) is 36.8 Å². The second-order valence-electron chi connectivity index (χ2n) is 4.62. The fourth-order valence-electron chi connectivity index (χ4n) is 1.29. The number of hydrogen-bond donors (Lipinski definition) is 1. The van der Waals surface area contributed by atoms with Crippen LogP contribution in [0.15, 0.2) is 16.9 Å². The Labute approximate surface area is 83.2 Å². The van der Waals surface area contributed by atoms with E-state index < -0.39 is 0 Å². The van der Waals surface area contributed by atoms with Gasteiger partial charge in [0.05, 0.1) is 5.56 Å². The minimum Gasteiger partial charge on any atom is -0.326 e. The Balaban J connectivity index is 2.98. The summed E-state index contributed by atoms with van der Waals surface area (Å²) >= 11 is 0. The monoisotopic (exact) mass is 193 g/mol. The van der Waals surface area contributed by atoms with Gasteiger partial charge in [0, 0.05) is 5.69 Å². The maximum Gasteiger partial charge on any atom is 0.258 e. The van der Waals surface area contributed by atoms with Crippen molar-refractivity contribution in [2.24, 2.45) is 5.41 Å². The predicted octanol–water partition coefficient (Wildman–Crippen LogP) is 1.78. The number of aromatic amines is 1. The highest BCUT2D eigenvalue weighted by atomic mass is 16.1. The molecule has 0 saturated heterocycles. The van der Waals surface area contributed by atoms with Gasteiger partial charge in [-0.05, 0) is 24.0 Å². The number of pyridine rings is 1. The molecule has 0 aliphatic carbocycles. The van der Waals surface area contributed by atoms with E-state index >= 15 is 0 Å². The van der Waals surface area contributed by atoms with Crippen molar-refractivity contribution in [1.82, 2.24) is 4.98 Å². The molecule has 0 fully saturated rings. The quantitative estimate of drug-likeness (QED) is 0.728. The number of hydrogen-bond acceptors (Lipinski definition) is 2. The highest BCUT2D eigenvalue weighted by Gasteiger charge is 2.12. The molecule has 0 amide bonds. The third-order valence-corrected chi connectivity index (χ3v) is 1.85. The van der Waals surface area contributed by atoms with Gasteiger partial charge < -0.3 is 4.98 Å². The molecule has 0 spiro atoms. The average molecular weight is 193 g/mol. The number of carbonyl (C=O) groups is 1. The normalized spacial score (nSPS) is 11.4. The number of carbonyl (C=O) groups excluding carboxylic acids is 1. The third-order valence-electron chi connectivity index (χ3n) is 1.85. The molecule has 0 unspecified atom stereocenters. The van der Waals surface area contributed by atoms with Crippen molar-refractivity contribution in [3.63, 3.8) is 0 Å². The van der Waals surface area contributed by atoms with Crippen molar-refractivity contribution in [2.75, 3.05) is 0 Å². The van der Waals surface area contributed by atoms with E-state index in [0.717, 1.165) is 12.1 Å². The summed E-state index contributed by atoms with van der Waals surface area (Å²) in [6.07, 6.45) is 1.36. The van der Waals surface area contributed by atoms with Gasteiger partial charge in [-0.25, -0.2) is 0 Å². The number of aromatic nitrogens is 1. The summed E-state index contributed by atoms with van der Waals surface area (Å²) in [6, 6.07) is 3.35. The van der Waals surface area contributed by atoms with Gasteiger partial charge in [0.2, 0.25) is 0 Å². The van der Waals surface area contributed by atoms with Gasteiger partial charge >= 0.3 is 0 Å². The van der Waals surface area contributed by atoms with Crippen molar-refractivity contribution in [1.29, 1.82) is 0 Å². The Morgan fingerprint density at radius 2 is 2.00 bits per heavy atom. The van der Waals surface area contributed by atoms with E-state index in [4.69, 9.17) is 0 Å². The first-order valence-corrected chi connectivity index (χ1v) is 4.60. The van der Waals surface area contributed by atoms with E-state index in [-0.39, 0.29) is 16.5 Å². The average Bonchev–Trinajstić information content (AvgIpc) is 2.01. The van der Waals surface area contributed by atoms with Crippen LogP contribution in [0, 0.1) is 5.41 Å². The molecular weight excluding hydrogens is 178 g/mol. The molecule has 0 radical (unpaired) electrons. The first kappa shape index (κ1) is 10.7. The molecule has 0 aliphatic rings. The Morgan fingerprint density at radius 1 is 1.36 bits per heavy atom. The van der Waals surface area contributed by atoms with E-state index in [1.165, 1.54) is 0 Å². The molecule has 0 aromatic carbocycles. The number of H-pyrrole nitrogens is 1. The van der Waals surface area contributed by atoms with Gasteiger partial charge in [-0.1, -0.05) is 20.8 Å². The highest BCUT2D eigenvalue weighted by molar-refractivity contribution is 5.73. The maximum atomic E-state index is 11.3. The second-order valence-corrected chi connectivity index (χ2v) is 4.62. The molecule has 1 aromatic heterocycles. The maximum absolute atomic E-state index is 11.3. The Morgan fingerprint density at radius 3 is 2.43 bits per heavy atom. The first-order chi connectivity index (χ1) is 6.42. The zero-order valence-corrected chi connectivity index (χ0v) is 8.76. The molecule has 3 nitrogen and oxygen atoms in total. The van der Waals surface area contributed by atoms with Crippen LogP contribution in [0.3, 0.4) is 0 Å². The summed E-state index contributed by atoms with van der Waals surface area (Å²) in [5.41, 5.74) is 0.878. The van der Waals surface area contributed by atoms with Gasteiger partial charge in [0.25, 0.3) is 5.56 Å². The Kier molecular flexibility index (Phi) is 2.89. The number of rotatable bonds is 2. The van der Waals surface area contributed by atoms with Crippen LogP contribution in [-0.2, 0) is 6.42 Å². The zero-order valence-electron chi connectivity index (χ0n) is 8.76. The minimum absolute atomic E-state index is 0.131. The van der Waals surface area contributed by atoms with Gasteiger partial charge in [0.15, 0.2) is 6.29 Å². The molecule has 1 heterocycles. The van der Waals surface area contributed by atoms with Crippen LogP contribution in [-0.4, -0.2) is 11.3 Å². The van der Waals surface area contributed by atoms with Crippen molar-refractivity contribution < 1.29 is 4.79 Å². The number of aldehydes is 1. The highest BCUT2D eigenvalue weighted by Crippen LogP contribution is 2.18. The van der Waals surface area contributed by atoms with Crippen LogP contribution in [0.4, 0.5) is 0 Å². The van der Waals surface area contributed by atoms with Crippen LogP contribution in [0.25, 0.3) is 0 Å². The summed E-state index contributed by atoms with van der Waals surface area (Å²) in [5, 5.41) is 0. The fraction of sp³-hybridized carbons (Fsp3) is 0.455. The van der Waals surface area contributed by atoms with Gasteiger partial charge in [-0.2, -0.15) is 0 Å². The Hall–Kier alpha value is -1.38. The van der Waals surface area contributed by atoms with Crippen molar-refractivity contribution in [3.8, 4) is 0 Å². The smallest absolute Gasteiger partial charge is 0.258 e. The standard InChI is InChI=1S/C11H15NO2/c1-11(2,3)6-9-5-4-8(7-13)10(14)12-9/h4-5,7H,6H2,1-3H3,(H,12,14). The molecule has 0 saturated carbocycles.